The molecule has 0 bridgehead atoms. The smallest absolute Gasteiger partial charge is 0.394 e. The van der Waals surface area contributed by atoms with E-state index in [-0.39, 0.29) is 65.0 Å². The first-order chi connectivity index (χ1) is 23.3. The summed E-state index contributed by atoms with van der Waals surface area (Å²) >= 11 is 0. The number of aliphatic hydroxyl groups is 2. The van der Waals surface area contributed by atoms with Gasteiger partial charge in [0.15, 0.2) is 0 Å². The van der Waals surface area contributed by atoms with Gasteiger partial charge in [0.05, 0.1) is 106 Å². The lowest BCUT2D eigenvalue weighted by atomic mass is 10.0. The van der Waals surface area contributed by atoms with Crippen LogP contribution in [0, 0.1) is 0 Å². The van der Waals surface area contributed by atoms with E-state index >= 15 is 0 Å². The topological polar surface area (TPSA) is 136 Å². The van der Waals surface area contributed by atoms with Gasteiger partial charge >= 0.3 is 8.80 Å². The molecule has 0 fully saturated rings. The number of rotatable bonds is 40. The van der Waals surface area contributed by atoms with E-state index in [1.165, 1.54) is 103 Å². The van der Waals surface area contributed by atoms with Crippen LogP contribution in [-0.2, 0) is 28.1 Å². The van der Waals surface area contributed by atoms with E-state index in [2.05, 4.69) is 21.0 Å². The van der Waals surface area contributed by atoms with Crippen molar-refractivity contribution in [3.8, 4) is 0 Å². The van der Waals surface area contributed by atoms with Crippen LogP contribution in [0.15, 0.2) is 0 Å². The van der Waals surface area contributed by atoms with E-state index in [1.807, 2.05) is 0 Å². The highest BCUT2D eigenvalue weighted by Gasteiger charge is 2.32. The molecule has 0 aromatic rings. The third-order valence-electron chi connectivity index (χ3n) is 8.48. The average molecular weight is 713 g/mol. The Morgan fingerprint density at radius 1 is 0.500 bits per heavy atom. The predicted octanol–water partition coefficient (Wildman–Crippen LogP) is 5.09. The zero-order valence-corrected chi connectivity index (χ0v) is 32.4. The van der Waals surface area contributed by atoms with Crippen LogP contribution in [-0.4, -0.2) is 146 Å². The molecule has 0 aliphatic carbocycles. The minimum Gasteiger partial charge on any atom is -0.394 e. The summed E-state index contributed by atoms with van der Waals surface area (Å²) in [6.45, 7) is 6.97. The van der Waals surface area contributed by atoms with Crippen LogP contribution < -0.4 is 0 Å². The Bertz CT molecular complexity index is 648. The molecule has 0 amide bonds. The molecule has 0 aliphatic heterocycles. The van der Waals surface area contributed by atoms with Gasteiger partial charge in [-0.3, -0.25) is 0 Å². The molecule has 0 saturated carbocycles. The molecule has 1 unspecified atom stereocenters. The third kappa shape index (κ3) is 35.6. The normalized spacial score (nSPS) is 13.1. The van der Waals surface area contributed by atoms with Gasteiger partial charge in [-0.2, -0.15) is 0 Å². The van der Waals surface area contributed by atoms with Gasteiger partial charge in [0, 0.05) is 12.5 Å². The van der Waals surface area contributed by atoms with E-state index in [0.29, 0.717) is 32.8 Å². The van der Waals surface area contributed by atoms with Crippen LogP contribution in [0.5, 0.6) is 0 Å². The Kier molecular flexibility index (Phi) is 35.0. The summed E-state index contributed by atoms with van der Waals surface area (Å²) in [7, 11) is 0.704. The second-order valence-corrected chi connectivity index (χ2v) is 16.0. The molecule has 12 heteroatoms. The van der Waals surface area contributed by atoms with Crippen molar-refractivity contribution >= 4 is 8.80 Å². The molecular weight excluding hydrogens is 634 g/mol. The van der Waals surface area contributed by atoms with Gasteiger partial charge in [0.2, 0.25) is 0 Å². The maximum absolute atomic E-state index is 10.4. The van der Waals surface area contributed by atoms with Crippen LogP contribution in [0.2, 0.25) is 6.04 Å². The van der Waals surface area contributed by atoms with Gasteiger partial charge in [0.25, 0.3) is 0 Å². The Balaban J connectivity index is 3.89. The standard InChI is InChI=1S/C36H78NO10Si/c1-4-5-6-7-8-9-10-11-12-13-14-15-16-17-18-19-21-37(2,3)22-20-33-48(40,41)47-32-30-45-35-36(46-31-29-43-26-24-39)34-44-28-27-42-25-23-38/h36,38-41H,4-35H2,1-3H3/q+1. The first kappa shape index (κ1) is 47.8. The van der Waals surface area contributed by atoms with Crippen molar-refractivity contribution in [2.24, 2.45) is 0 Å². The van der Waals surface area contributed by atoms with Crippen molar-refractivity contribution in [3.63, 3.8) is 0 Å². The summed E-state index contributed by atoms with van der Waals surface area (Å²) in [5.41, 5.74) is 0. The quantitative estimate of drug-likeness (QED) is 0.0387. The minimum absolute atomic E-state index is 0.0296. The number of nitrogens with zero attached hydrogens (tertiary/aromatic N) is 1. The summed E-state index contributed by atoms with van der Waals surface area (Å²) in [5.74, 6) is 0. The lowest BCUT2D eigenvalue weighted by Gasteiger charge is -2.30. The molecule has 4 N–H and O–H groups in total. The van der Waals surface area contributed by atoms with Crippen molar-refractivity contribution in [1.82, 2.24) is 0 Å². The molecule has 0 saturated heterocycles. The molecule has 0 radical (unpaired) electrons. The van der Waals surface area contributed by atoms with Crippen LogP contribution >= 0.6 is 0 Å². The molecule has 0 spiro atoms. The van der Waals surface area contributed by atoms with E-state index in [0.717, 1.165) is 17.6 Å². The van der Waals surface area contributed by atoms with Crippen LogP contribution in [0.3, 0.4) is 0 Å². The predicted molar refractivity (Wildman–Crippen MR) is 194 cm³/mol. The minimum atomic E-state index is -3.74. The van der Waals surface area contributed by atoms with Crippen molar-refractivity contribution in [3.05, 3.63) is 0 Å². The fourth-order valence-electron chi connectivity index (χ4n) is 5.57. The Labute approximate surface area is 295 Å². The summed E-state index contributed by atoms with van der Waals surface area (Å²) < 4.78 is 33.8. The Morgan fingerprint density at radius 2 is 0.917 bits per heavy atom. The van der Waals surface area contributed by atoms with Crippen molar-refractivity contribution in [2.75, 3.05) is 106 Å². The second kappa shape index (κ2) is 35.2. The second-order valence-electron chi connectivity index (χ2n) is 13.7. The summed E-state index contributed by atoms with van der Waals surface area (Å²) in [5, 5.41) is 17.6. The first-order valence-electron chi connectivity index (χ1n) is 19.3. The van der Waals surface area contributed by atoms with Gasteiger partial charge in [0.1, 0.15) is 6.10 Å². The Morgan fingerprint density at radius 3 is 1.42 bits per heavy atom. The fourth-order valence-corrected chi connectivity index (χ4v) is 6.75. The van der Waals surface area contributed by atoms with Gasteiger partial charge in [-0.05, 0) is 12.8 Å². The lowest BCUT2D eigenvalue weighted by Crippen LogP contribution is -2.44. The van der Waals surface area contributed by atoms with Gasteiger partial charge < -0.3 is 52.4 Å². The van der Waals surface area contributed by atoms with E-state index in [4.69, 9.17) is 38.3 Å². The van der Waals surface area contributed by atoms with Gasteiger partial charge in [-0.15, -0.1) is 0 Å². The molecule has 0 heterocycles. The summed E-state index contributed by atoms with van der Waals surface area (Å²) in [6.07, 6.45) is 22.4. The number of hydrogen-bond acceptors (Lipinski definition) is 10. The number of aliphatic hydroxyl groups excluding tert-OH is 2. The number of unbranched alkanes of at least 4 members (excludes halogenated alkanes) is 15. The number of quaternary nitrogens is 1. The zero-order chi connectivity index (χ0) is 35.4. The highest BCUT2D eigenvalue weighted by Crippen LogP contribution is 2.15. The maximum atomic E-state index is 10.4. The van der Waals surface area contributed by atoms with Crippen molar-refractivity contribution in [2.45, 2.75) is 128 Å². The molecule has 0 aromatic heterocycles. The first-order valence-corrected chi connectivity index (χ1v) is 21.3. The zero-order valence-electron chi connectivity index (χ0n) is 31.4. The number of hydrogen-bond donors (Lipinski definition) is 4. The largest absolute Gasteiger partial charge is 0.495 e. The lowest BCUT2D eigenvalue weighted by molar-refractivity contribution is -0.890. The van der Waals surface area contributed by atoms with Gasteiger partial charge in [-0.1, -0.05) is 96.8 Å². The third-order valence-corrected chi connectivity index (χ3v) is 10.1. The van der Waals surface area contributed by atoms with Crippen LogP contribution in [0.4, 0.5) is 0 Å². The molecule has 1 atom stereocenters. The molecule has 0 aliphatic rings. The summed E-state index contributed by atoms with van der Waals surface area (Å²) in [6, 6.07) is 0.277. The van der Waals surface area contributed by atoms with Gasteiger partial charge in [-0.25, -0.2) is 0 Å². The van der Waals surface area contributed by atoms with E-state index in [1.54, 1.807) is 0 Å². The number of ether oxygens (including phenoxy) is 5. The molecule has 0 rings (SSSR count). The average Bonchev–Trinajstić information content (AvgIpc) is 3.05. The van der Waals surface area contributed by atoms with Crippen molar-refractivity contribution in [1.29, 1.82) is 0 Å². The van der Waals surface area contributed by atoms with E-state index in [9.17, 15) is 9.59 Å². The molecule has 290 valence electrons. The molecular formula is C36H78NO10Si+. The fraction of sp³-hybridized carbons (Fsp3) is 1.00. The van der Waals surface area contributed by atoms with E-state index < -0.39 is 8.80 Å². The monoisotopic (exact) mass is 713 g/mol. The highest BCUT2D eigenvalue weighted by molar-refractivity contribution is 6.57. The summed E-state index contributed by atoms with van der Waals surface area (Å²) in [4.78, 5) is 20.9. The maximum Gasteiger partial charge on any atom is 0.495 e. The Hall–Kier alpha value is -0.223. The molecule has 0 aromatic carbocycles. The SMILES string of the molecule is CCCCCCCCCCCCCCCCCC[N+](C)(C)CCC[Si](O)(O)OCCOCC(COCCOCCO)OCCOCCO. The van der Waals surface area contributed by atoms with Crippen LogP contribution in [0.1, 0.15) is 116 Å². The molecule has 11 nitrogen and oxygen atoms in total. The molecule has 48 heavy (non-hydrogen) atoms. The van der Waals surface area contributed by atoms with Crippen LogP contribution in [0.25, 0.3) is 0 Å². The van der Waals surface area contributed by atoms with Crippen molar-refractivity contribution < 1.29 is 52.4 Å². The highest BCUT2D eigenvalue weighted by atomic mass is 28.4.